The standard InChI is InChI=1S/C15H29NO7/c1-22-10-13(20)16-6-4-2-3-5-7-23-15(12(19)9-17)14(21)11(18)8-16/h11-12,14-15,17-19,21H,2-10H2,1H3/t11-,12-,14-,15-/m1/s1. The quantitative estimate of drug-likeness (QED) is 0.493. The van der Waals surface area contributed by atoms with E-state index in [1.165, 1.54) is 12.0 Å². The van der Waals surface area contributed by atoms with Gasteiger partial charge in [-0.3, -0.25) is 4.79 Å². The Morgan fingerprint density at radius 3 is 2.65 bits per heavy atom. The molecule has 0 saturated carbocycles. The van der Waals surface area contributed by atoms with E-state index in [0.29, 0.717) is 13.2 Å². The molecule has 1 saturated heterocycles. The van der Waals surface area contributed by atoms with Gasteiger partial charge in [-0.05, 0) is 12.8 Å². The van der Waals surface area contributed by atoms with Crippen LogP contribution >= 0.6 is 0 Å². The summed E-state index contributed by atoms with van der Waals surface area (Å²) in [4.78, 5) is 13.5. The molecule has 23 heavy (non-hydrogen) atoms. The number of amides is 1. The van der Waals surface area contributed by atoms with Crippen LogP contribution in [0.4, 0.5) is 0 Å². The van der Waals surface area contributed by atoms with Gasteiger partial charge in [0.1, 0.15) is 31.0 Å². The monoisotopic (exact) mass is 335 g/mol. The highest BCUT2D eigenvalue weighted by Crippen LogP contribution is 2.14. The molecular formula is C15H29NO7. The summed E-state index contributed by atoms with van der Waals surface area (Å²) in [6.45, 7) is 0.0437. The van der Waals surface area contributed by atoms with Gasteiger partial charge in [0.2, 0.25) is 5.91 Å². The number of methoxy groups -OCH3 is 1. The lowest BCUT2D eigenvalue weighted by Gasteiger charge is -2.33. The predicted octanol–water partition coefficient (Wildman–Crippen LogP) is -1.50. The number of nitrogens with zero attached hydrogens (tertiary/aromatic N) is 1. The summed E-state index contributed by atoms with van der Waals surface area (Å²) in [6.07, 6.45) is -1.76. The van der Waals surface area contributed by atoms with Crippen molar-refractivity contribution in [2.75, 3.05) is 40.0 Å². The lowest BCUT2D eigenvalue weighted by molar-refractivity contribution is -0.153. The Morgan fingerprint density at radius 1 is 1.30 bits per heavy atom. The summed E-state index contributed by atoms with van der Waals surface area (Å²) in [5.41, 5.74) is 0. The van der Waals surface area contributed by atoms with E-state index in [0.717, 1.165) is 25.7 Å². The van der Waals surface area contributed by atoms with Crippen LogP contribution in [0.2, 0.25) is 0 Å². The molecule has 8 nitrogen and oxygen atoms in total. The number of β-amino-alcohol motifs (C(OH)–C–C–N with tert-alkyl or cyclic N) is 1. The number of aliphatic hydroxyl groups excluding tert-OH is 4. The van der Waals surface area contributed by atoms with Gasteiger partial charge in [0.05, 0.1) is 6.61 Å². The number of hydrogen-bond donors (Lipinski definition) is 4. The fourth-order valence-corrected chi connectivity index (χ4v) is 2.60. The van der Waals surface area contributed by atoms with Crippen LogP contribution in [0.25, 0.3) is 0 Å². The van der Waals surface area contributed by atoms with Crippen LogP contribution in [0.5, 0.6) is 0 Å². The second kappa shape index (κ2) is 10.9. The van der Waals surface area contributed by atoms with Gasteiger partial charge in [0, 0.05) is 26.8 Å². The van der Waals surface area contributed by atoms with E-state index in [-0.39, 0.29) is 19.1 Å². The van der Waals surface area contributed by atoms with E-state index in [9.17, 15) is 20.1 Å². The number of ether oxygens (including phenoxy) is 2. The fourth-order valence-electron chi connectivity index (χ4n) is 2.60. The van der Waals surface area contributed by atoms with E-state index in [1.54, 1.807) is 0 Å². The zero-order valence-electron chi connectivity index (χ0n) is 13.6. The van der Waals surface area contributed by atoms with Crippen molar-refractivity contribution in [1.29, 1.82) is 0 Å². The Kier molecular flexibility index (Phi) is 9.61. The molecule has 0 unspecified atom stereocenters. The highest BCUT2D eigenvalue weighted by molar-refractivity contribution is 5.77. The molecule has 1 aliphatic heterocycles. The molecule has 4 N–H and O–H groups in total. The largest absolute Gasteiger partial charge is 0.394 e. The van der Waals surface area contributed by atoms with Crippen LogP contribution in [-0.4, -0.2) is 95.7 Å². The first-order valence-electron chi connectivity index (χ1n) is 8.04. The minimum atomic E-state index is -1.41. The van der Waals surface area contributed by atoms with Gasteiger partial charge in [0.15, 0.2) is 0 Å². The molecule has 0 aliphatic carbocycles. The van der Waals surface area contributed by atoms with Crippen molar-refractivity contribution in [3.8, 4) is 0 Å². The summed E-state index contributed by atoms with van der Waals surface area (Å²) >= 11 is 0. The van der Waals surface area contributed by atoms with Gasteiger partial charge in [-0.1, -0.05) is 12.8 Å². The number of carbonyl (C=O) groups is 1. The minimum Gasteiger partial charge on any atom is -0.394 e. The van der Waals surface area contributed by atoms with Crippen LogP contribution in [0.15, 0.2) is 0 Å². The second-order valence-electron chi connectivity index (χ2n) is 5.83. The average molecular weight is 335 g/mol. The normalized spacial score (nSPS) is 29.4. The number of aliphatic hydroxyl groups is 4. The topological polar surface area (TPSA) is 120 Å². The third-order valence-corrected chi connectivity index (χ3v) is 3.96. The van der Waals surface area contributed by atoms with Gasteiger partial charge >= 0.3 is 0 Å². The van der Waals surface area contributed by atoms with E-state index in [4.69, 9.17) is 14.6 Å². The van der Waals surface area contributed by atoms with Crippen molar-refractivity contribution in [2.45, 2.75) is 50.1 Å². The molecule has 1 heterocycles. The van der Waals surface area contributed by atoms with Crippen molar-refractivity contribution in [1.82, 2.24) is 4.90 Å². The van der Waals surface area contributed by atoms with Crippen molar-refractivity contribution >= 4 is 5.91 Å². The average Bonchev–Trinajstić information content (AvgIpc) is 2.53. The first-order chi connectivity index (χ1) is 11.0. The fraction of sp³-hybridized carbons (Fsp3) is 0.933. The molecule has 0 bridgehead atoms. The lowest BCUT2D eigenvalue weighted by atomic mass is 10.0. The Labute approximate surface area is 136 Å². The minimum absolute atomic E-state index is 0.0820. The van der Waals surface area contributed by atoms with E-state index in [1.807, 2.05) is 0 Å². The number of hydrogen-bond acceptors (Lipinski definition) is 7. The van der Waals surface area contributed by atoms with Crippen molar-refractivity contribution < 1.29 is 34.7 Å². The molecule has 0 radical (unpaired) electrons. The van der Waals surface area contributed by atoms with Crippen LogP contribution in [0.3, 0.4) is 0 Å². The van der Waals surface area contributed by atoms with Gasteiger partial charge in [0.25, 0.3) is 0 Å². The van der Waals surface area contributed by atoms with Gasteiger partial charge in [-0.15, -0.1) is 0 Å². The molecule has 0 aromatic carbocycles. The summed E-state index contributed by atoms with van der Waals surface area (Å²) in [5, 5.41) is 39.3. The smallest absolute Gasteiger partial charge is 0.248 e. The maximum absolute atomic E-state index is 12.0. The molecular weight excluding hydrogens is 306 g/mol. The van der Waals surface area contributed by atoms with Crippen LogP contribution < -0.4 is 0 Å². The van der Waals surface area contributed by atoms with Gasteiger partial charge < -0.3 is 34.8 Å². The zero-order chi connectivity index (χ0) is 17.2. The van der Waals surface area contributed by atoms with Crippen LogP contribution in [-0.2, 0) is 14.3 Å². The number of carbonyl (C=O) groups excluding carboxylic acids is 1. The predicted molar refractivity (Wildman–Crippen MR) is 81.8 cm³/mol. The highest BCUT2D eigenvalue weighted by Gasteiger charge is 2.34. The molecule has 1 rings (SSSR count). The molecule has 136 valence electrons. The molecule has 1 fully saturated rings. The Bertz CT molecular complexity index is 342. The van der Waals surface area contributed by atoms with Crippen molar-refractivity contribution in [3.05, 3.63) is 0 Å². The van der Waals surface area contributed by atoms with E-state index >= 15 is 0 Å². The summed E-state index contributed by atoms with van der Waals surface area (Å²) in [6, 6.07) is 0. The number of rotatable bonds is 4. The van der Waals surface area contributed by atoms with Crippen LogP contribution in [0.1, 0.15) is 25.7 Å². The molecule has 4 atom stereocenters. The maximum Gasteiger partial charge on any atom is 0.248 e. The summed E-state index contributed by atoms with van der Waals surface area (Å²) < 4.78 is 10.3. The molecule has 0 spiro atoms. The SMILES string of the molecule is COCC(=O)N1CCCCCCO[C@H]([C@H](O)CO)[C@H](O)[C@H](O)C1. The van der Waals surface area contributed by atoms with E-state index in [2.05, 4.69) is 0 Å². The molecule has 8 heteroatoms. The Balaban J connectivity index is 2.81. The third kappa shape index (κ3) is 6.70. The van der Waals surface area contributed by atoms with Gasteiger partial charge in [-0.2, -0.15) is 0 Å². The van der Waals surface area contributed by atoms with Crippen LogP contribution in [0, 0.1) is 0 Å². The Morgan fingerprint density at radius 2 is 2.00 bits per heavy atom. The maximum atomic E-state index is 12.0. The third-order valence-electron chi connectivity index (χ3n) is 3.96. The summed E-state index contributed by atoms with van der Waals surface area (Å²) in [7, 11) is 1.42. The van der Waals surface area contributed by atoms with Crippen molar-refractivity contribution in [2.24, 2.45) is 0 Å². The highest BCUT2D eigenvalue weighted by atomic mass is 16.5. The first kappa shape index (κ1) is 20.3. The lowest BCUT2D eigenvalue weighted by Crippen LogP contribution is -2.52. The molecule has 1 amide bonds. The zero-order valence-corrected chi connectivity index (χ0v) is 13.6. The van der Waals surface area contributed by atoms with E-state index < -0.39 is 31.0 Å². The van der Waals surface area contributed by atoms with Crippen molar-refractivity contribution in [3.63, 3.8) is 0 Å². The van der Waals surface area contributed by atoms with Gasteiger partial charge in [-0.25, -0.2) is 0 Å². The summed E-state index contributed by atoms with van der Waals surface area (Å²) in [5.74, 6) is -0.268. The molecule has 0 aromatic heterocycles. The molecule has 1 aliphatic rings. The first-order valence-corrected chi connectivity index (χ1v) is 8.04. The molecule has 0 aromatic rings. The Hall–Kier alpha value is -0.770. The second-order valence-corrected chi connectivity index (χ2v) is 5.83.